The average Bonchev–Trinajstić information content (AvgIpc) is 3.21. The molecule has 0 fully saturated rings. The summed E-state index contributed by atoms with van der Waals surface area (Å²) in [5.74, 6) is 0.906. The van der Waals surface area contributed by atoms with Gasteiger partial charge in [-0.3, -0.25) is 10.1 Å². The standard InChI is InChI=1S/C26H25N3O3S/c1-4-10-31-21-7-5-6-18(14-21)24(30)29-26(33)27-20-8-9-23-22(15-20)28-25(32-23)19-12-16(2)11-17(3)13-19/h5-9,11-15H,4,10H2,1-3H3,(H2,27,29,30,33). The van der Waals surface area contributed by atoms with E-state index in [0.29, 0.717) is 40.6 Å². The van der Waals surface area contributed by atoms with Gasteiger partial charge < -0.3 is 14.5 Å². The molecule has 168 valence electrons. The van der Waals surface area contributed by atoms with Gasteiger partial charge in [-0.25, -0.2) is 4.98 Å². The number of amides is 1. The molecule has 0 atom stereocenters. The van der Waals surface area contributed by atoms with E-state index in [2.05, 4.69) is 21.7 Å². The van der Waals surface area contributed by atoms with Gasteiger partial charge in [0.25, 0.3) is 5.91 Å². The molecule has 6 nitrogen and oxygen atoms in total. The maximum Gasteiger partial charge on any atom is 0.257 e. The Morgan fingerprint density at radius 2 is 1.85 bits per heavy atom. The van der Waals surface area contributed by atoms with Gasteiger partial charge in [-0.05, 0) is 81.0 Å². The third-order valence-electron chi connectivity index (χ3n) is 4.91. The molecule has 3 aromatic carbocycles. The molecular formula is C26H25N3O3S. The summed E-state index contributed by atoms with van der Waals surface area (Å²) >= 11 is 5.33. The molecule has 0 saturated heterocycles. The van der Waals surface area contributed by atoms with Crippen LogP contribution in [0.1, 0.15) is 34.8 Å². The Morgan fingerprint density at radius 3 is 2.61 bits per heavy atom. The number of carbonyl (C=O) groups is 1. The molecular weight excluding hydrogens is 434 g/mol. The molecule has 0 aliphatic heterocycles. The number of aryl methyl sites for hydroxylation is 2. The van der Waals surface area contributed by atoms with Crippen molar-refractivity contribution in [1.29, 1.82) is 0 Å². The molecule has 1 aromatic heterocycles. The summed E-state index contributed by atoms with van der Waals surface area (Å²) in [6.45, 7) is 6.72. The number of carbonyl (C=O) groups excluding carboxylic acids is 1. The lowest BCUT2D eigenvalue weighted by Crippen LogP contribution is -2.34. The number of hydrogen-bond donors (Lipinski definition) is 2. The lowest BCUT2D eigenvalue weighted by Gasteiger charge is -2.10. The van der Waals surface area contributed by atoms with Crippen LogP contribution >= 0.6 is 12.2 Å². The molecule has 0 spiro atoms. The van der Waals surface area contributed by atoms with E-state index < -0.39 is 0 Å². The van der Waals surface area contributed by atoms with E-state index in [1.165, 1.54) is 0 Å². The van der Waals surface area contributed by atoms with Gasteiger partial charge in [0, 0.05) is 16.8 Å². The normalized spacial score (nSPS) is 10.8. The highest BCUT2D eigenvalue weighted by molar-refractivity contribution is 7.80. The van der Waals surface area contributed by atoms with Gasteiger partial charge in [0.15, 0.2) is 10.7 Å². The summed E-state index contributed by atoms with van der Waals surface area (Å²) in [5, 5.41) is 5.93. The number of rotatable bonds is 6. The molecule has 0 bridgehead atoms. The topological polar surface area (TPSA) is 76.4 Å². The first-order chi connectivity index (χ1) is 15.9. The van der Waals surface area contributed by atoms with Crippen molar-refractivity contribution in [2.75, 3.05) is 11.9 Å². The summed E-state index contributed by atoms with van der Waals surface area (Å²) in [5.41, 5.74) is 5.78. The largest absolute Gasteiger partial charge is 0.494 e. The summed E-state index contributed by atoms with van der Waals surface area (Å²) in [6, 6.07) is 18.7. The van der Waals surface area contributed by atoms with Crippen LogP contribution < -0.4 is 15.4 Å². The fraction of sp³-hybridized carbons (Fsp3) is 0.192. The second-order valence-electron chi connectivity index (χ2n) is 7.86. The maximum atomic E-state index is 12.6. The molecule has 1 heterocycles. The molecule has 4 aromatic rings. The minimum Gasteiger partial charge on any atom is -0.494 e. The number of ether oxygens (including phenoxy) is 1. The SMILES string of the molecule is CCCOc1cccc(C(=O)NC(=S)Nc2ccc3oc(-c4cc(C)cc(C)c4)nc3c2)c1. The molecule has 7 heteroatoms. The van der Waals surface area contributed by atoms with Crippen LogP contribution in [0.3, 0.4) is 0 Å². The Morgan fingerprint density at radius 1 is 1.06 bits per heavy atom. The summed E-state index contributed by atoms with van der Waals surface area (Å²) in [7, 11) is 0. The number of aromatic nitrogens is 1. The first kappa shape index (κ1) is 22.5. The molecule has 0 aliphatic rings. The summed E-state index contributed by atoms with van der Waals surface area (Å²) < 4.78 is 11.5. The average molecular weight is 460 g/mol. The van der Waals surface area contributed by atoms with Crippen molar-refractivity contribution in [3.8, 4) is 17.2 Å². The zero-order valence-electron chi connectivity index (χ0n) is 18.8. The van der Waals surface area contributed by atoms with E-state index in [4.69, 9.17) is 21.4 Å². The zero-order chi connectivity index (χ0) is 23.4. The van der Waals surface area contributed by atoms with Gasteiger partial charge in [-0.15, -0.1) is 0 Å². The molecule has 4 rings (SSSR count). The van der Waals surface area contributed by atoms with Gasteiger partial charge in [0.2, 0.25) is 5.89 Å². The highest BCUT2D eigenvalue weighted by Crippen LogP contribution is 2.27. The van der Waals surface area contributed by atoms with Crippen molar-refractivity contribution in [3.63, 3.8) is 0 Å². The van der Waals surface area contributed by atoms with Crippen LogP contribution in [-0.4, -0.2) is 22.6 Å². The minimum atomic E-state index is -0.311. The van der Waals surface area contributed by atoms with Crippen LogP contribution in [0.5, 0.6) is 5.75 Å². The number of oxazole rings is 1. The van der Waals surface area contributed by atoms with E-state index >= 15 is 0 Å². The molecule has 0 radical (unpaired) electrons. The van der Waals surface area contributed by atoms with E-state index in [0.717, 1.165) is 23.1 Å². The smallest absolute Gasteiger partial charge is 0.257 e. The number of anilines is 1. The first-order valence-electron chi connectivity index (χ1n) is 10.8. The van der Waals surface area contributed by atoms with E-state index in [1.54, 1.807) is 18.2 Å². The molecule has 0 saturated carbocycles. The molecule has 2 N–H and O–H groups in total. The van der Waals surface area contributed by atoms with Crippen molar-refractivity contribution in [3.05, 3.63) is 77.4 Å². The Labute approximate surface area is 198 Å². The number of benzene rings is 3. The summed E-state index contributed by atoms with van der Waals surface area (Å²) in [6.07, 6.45) is 0.895. The fourth-order valence-corrected chi connectivity index (χ4v) is 3.72. The van der Waals surface area contributed by atoms with Gasteiger partial charge in [0.1, 0.15) is 11.3 Å². The summed E-state index contributed by atoms with van der Waals surface area (Å²) in [4.78, 5) is 17.2. The third-order valence-corrected chi connectivity index (χ3v) is 5.11. The Bertz CT molecular complexity index is 1310. The van der Waals surface area contributed by atoms with Crippen LogP contribution in [0.25, 0.3) is 22.6 Å². The number of hydrogen-bond acceptors (Lipinski definition) is 5. The number of thiocarbonyl (C=S) groups is 1. The van der Waals surface area contributed by atoms with Crippen molar-refractivity contribution < 1.29 is 13.9 Å². The van der Waals surface area contributed by atoms with Gasteiger partial charge in [-0.2, -0.15) is 0 Å². The molecule has 0 unspecified atom stereocenters. The maximum absolute atomic E-state index is 12.6. The van der Waals surface area contributed by atoms with Gasteiger partial charge in [-0.1, -0.05) is 30.2 Å². The van der Waals surface area contributed by atoms with Crippen LogP contribution in [0.2, 0.25) is 0 Å². The number of fused-ring (bicyclic) bond motifs is 1. The molecule has 1 amide bonds. The second-order valence-corrected chi connectivity index (χ2v) is 8.27. The Hall–Kier alpha value is -3.71. The van der Waals surface area contributed by atoms with Crippen LogP contribution in [0.15, 0.2) is 65.1 Å². The molecule has 0 aliphatic carbocycles. The van der Waals surface area contributed by atoms with Crippen molar-refractivity contribution >= 4 is 40.0 Å². The third kappa shape index (κ3) is 5.56. The predicted octanol–water partition coefficient (Wildman–Crippen LogP) is 6.03. The minimum absolute atomic E-state index is 0.192. The highest BCUT2D eigenvalue weighted by Gasteiger charge is 2.12. The quantitative estimate of drug-likeness (QED) is 0.343. The van der Waals surface area contributed by atoms with Crippen molar-refractivity contribution in [2.24, 2.45) is 0 Å². The first-order valence-corrected chi connectivity index (χ1v) is 11.2. The zero-order valence-corrected chi connectivity index (χ0v) is 19.6. The van der Waals surface area contributed by atoms with Crippen molar-refractivity contribution in [2.45, 2.75) is 27.2 Å². The van der Waals surface area contributed by atoms with Crippen molar-refractivity contribution in [1.82, 2.24) is 10.3 Å². The van der Waals surface area contributed by atoms with E-state index in [-0.39, 0.29) is 11.0 Å². The van der Waals surface area contributed by atoms with Crippen LogP contribution in [0, 0.1) is 13.8 Å². The second kappa shape index (κ2) is 9.83. The van der Waals surface area contributed by atoms with E-state index in [1.807, 2.05) is 57.2 Å². The molecule has 33 heavy (non-hydrogen) atoms. The van der Waals surface area contributed by atoms with Crippen LogP contribution in [-0.2, 0) is 0 Å². The van der Waals surface area contributed by atoms with Gasteiger partial charge >= 0.3 is 0 Å². The Kier molecular flexibility index (Phi) is 6.70. The Balaban J connectivity index is 1.45. The monoisotopic (exact) mass is 459 g/mol. The lowest BCUT2D eigenvalue weighted by molar-refractivity contribution is 0.0977. The number of nitrogens with one attached hydrogen (secondary N) is 2. The van der Waals surface area contributed by atoms with Gasteiger partial charge in [0.05, 0.1) is 6.61 Å². The van der Waals surface area contributed by atoms with Crippen LogP contribution in [0.4, 0.5) is 5.69 Å². The fourth-order valence-electron chi connectivity index (χ4n) is 3.51. The highest BCUT2D eigenvalue weighted by atomic mass is 32.1. The number of nitrogens with zero attached hydrogens (tertiary/aromatic N) is 1. The lowest BCUT2D eigenvalue weighted by atomic mass is 10.1. The predicted molar refractivity (Wildman–Crippen MR) is 135 cm³/mol. The van der Waals surface area contributed by atoms with E-state index in [9.17, 15) is 4.79 Å².